The van der Waals surface area contributed by atoms with Crippen molar-refractivity contribution in [2.24, 2.45) is 11.7 Å². The molecule has 0 aromatic carbocycles. The average Bonchev–Trinajstić information content (AvgIpc) is 3.18. The van der Waals surface area contributed by atoms with Crippen LogP contribution in [0.15, 0.2) is 21.9 Å². The van der Waals surface area contributed by atoms with Gasteiger partial charge in [-0.3, -0.25) is 4.79 Å². The van der Waals surface area contributed by atoms with Gasteiger partial charge < -0.3 is 15.5 Å². The molecule has 1 amide bonds. The molecule has 0 aliphatic heterocycles. The number of nitrogens with zero attached hydrogens (tertiary/aromatic N) is 1. The molecule has 1 saturated carbocycles. The highest BCUT2D eigenvalue weighted by atomic mass is 32.1. The second-order valence-corrected chi connectivity index (χ2v) is 7.08. The predicted octanol–water partition coefficient (Wildman–Crippen LogP) is 2.89. The summed E-state index contributed by atoms with van der Waals surface area (Å²) in [5.41, 5.74) is 6.54. The third kappa shape index (κ3) is 3.82. The molecule has 2 aromatic rings. The van der Waals surface area contributed by atoms with E-state index in [4.69, 9.17) is 10.2 Å². The maximum absolute atomic E-state index is 12.4. The van der Waals surface area contributed by atoms with Crippen molar-refractivity contribution in [2.45, 2.75) is 45.1 Å². The van der Waals surface area contributed by atoms with Gasteiger partial charge in [0.15, 0.2) is 0 Å². The average molecular weight is 333 g/mol. The van der Waals surface area contributed by atoms with Crippen LogP contribution >= 0.6 is 11.3 Å². The number of carbonyl (C=O) groups excluding carboxylic acids is 1. The van der Waals surface area contributed by atoms with Gasteiger partial charge in [0.2, 0.25) is 11.8 Å². The molecule has 1 aliphatic carbocycles. The molecule has 0 bridgehead atoms. The number of nitrogens with one attached hydrogen (secondary N) is 1. The van der Waals surface area contributed by atoms with E-state index >= 15 is 0 Å². The van der Waals surface area contributed by atoms with E-state index in [0.29, 0.717) is 29.8 Å². The number of nitrogens with two attached hydrogens (primary N) is 1. The van der Waals surface area contributed by atoms with E-state index in [1.54, 1.807) is 11.3 Å². The lowest BCUT2D eigenvalue weighted by Gasteiger charge is -2.31. The first kappa shape index (κ1) is 16.2. The van der Waals surface area contributed by atoms with Gasteiger partial charge in [-0.2, -0.15) is 0 Å². The van der Waals surface area contributed by atoms with Crippen molar-refractivity contribution in [1.29, 1.82) is 0 Å². The summed E-state index contributed by atoms with van der Waals surface area (Å²) in [5.74, 6) is 1.71. The lowest BCUT2D eigenvalue weighted by molar-refractivity contribution is -0.121. The molecule has 3 rings (SSSR count). The van der Waals surface area contributed by atoms with E-state index in [-0.39, 0.29) is 18.4 Å². The summed E-state index contributed by atoms with van der Waals surface area (Å²) in [6.45, 7) is 2.49. The van der Waals surface area contributed by atoms with Crippen molar-refractivity contribution in [1.82, 2.24) is 10.3 Å². The number of carbonyl (C=O) groups is 1. The number of amides is 1. The van der Waals surface area contributed by atoms with Crippen LogP contribution in [-0.2, 0) is 11.2 Å². The van der Waals surface area contributed by atoms with Crippen LogP contribution in [-0.4, -0.2) is 23.5 Å². The summed E-state index contributed by atoms with van der Waals surface area (Å²) in [4.78, 5) is 17.8. The first-order valence-electron chi connectivity index (χ1n) is 8.17. The molecule has 2 unspecified atom stereocenters. The van der Waals surface area contributed by atoms with Gasteiger partial charge in [0.05, 0.1) is 17.0 Å². The van der Waals surface area contributed by atoms with Crippen molar-refractivity contribution in [3.8, 4) is 10.8 Å². The summed E-state index contributed by atoms with van der Waals surface area (Å²) in [5, 5.41) is 5.13. The van der Waals surface area contributed by atoms with Crippen molar-refractivity contribution in [3.05, 3.63) is 29.0 Å². The molecule has 1 fully saturated rings. The van der Waals surface area contributed by atoms with E-state index < -0.39 is 0 Å². The van der Waals surface area contributed by atoms with Crippen molar-refractivity contribution >= 4 is 17.2 Å². The Kier molecular flexibility index (Phi) is 5.13. The Morgan fingerprint density at radius 3 is 3.04 bits per heavy atom. The molecule has 1 aliphatic rings. The molecule has 2 aromatic heterocycles. The van der Waals surface area contributed by atoms with E-state index in [1.165, 1.54) is 6.42 Å². The van der Waals surface area contributed by atoms with Gasteiger partial charge in [-0.05, 0) is 43.7 Å². The van der Waals surface area contributed by atoms with Gasteiger partial charge in [-0.25, -0.2) is 4.98 Å². The van der Waals surface area contributed by atoms with Crippen LogP contribution in [0.2, 0.25) is 0 Å². The zero-order valence-corrected chi connectivity index (χ0v) is 14.2. The van der Waals surface area contributed by atoms with Gasteiger partial charge >= 0.3 is 0 Å². The predicted molar refractivity (Wildman–Crippen MR) is 91.2 cm³/mol. The minimum Gasteiger partial charge on any atom is -0.440 e. The number of rotatable bonds is 5. The number of aromatic nitrogens is 1. The fraction of sp³-hybridized carbons (Fsp3) is 0.529. The minimum atomic E-state index is 0.00415. The maximum Gasteiger partial charge on any atom is 0.236 e. The number of oxazole rings is 1. The lowest BCUT2D eigenvalue weighted by Crippen LogP contribution is -2.45. The Bertz CT molecular complexity index is 651. The third-order valence-corrected chi connectivity index (χ3v) is 5.37. The van der Waals surface area contributed by atoms with Crippen LogP contribution in [0.25, 0.3) is 10.8 Å². The van der Waals surface area contributed by atoms with Crippen LogP contribution in [0.4, 0.5) is 0 Å². The molecule has 5 nitrogen and oxygen atoms in total. The number of aryl methyl sites for hydroxylation is 1. The molecule has 0 saturated heterocycles. The fourth-order valence-electron chi connectivity index (χ4n) is 3.19. The highest BCUT2D eigenvalue weighted by molar-refractivity contribution is 7.13. The minimum absolute atomic E-state index is 0.00415. The smallest absolute Gasteiger partial charge is 0.236 e. The summed E-state index contributed by atoms with van der Waals surface area (Å²) >= 11 is 1.58. The van der Waals surface area contributed by atoms with E-state index in [2.05, 4.69) is 10.3 Å². The number of thiophene rings is 1. The Balaban J connectivity index is 1.63. The largest absolute Gasteiger partial charge is 0.440 e. The molecule has 2 atom stereocenters. The van der Waals surface area contributed by atoms with E-state index in [1.807, 2.05) is 24.4 Å². The highest BCUT2D eigenvalue weighted by Gasteiger charge is 2.26. The molecular weight excluding hydrogens is 310 g/mol. The Hall–Kier alpha value is -1.66. The third-order valence-electron chi connectivity index (χ3n) is 4.51. The monoisotopic (exact) mass is 333 g/mol. The molecule has 6 heteroatoms. The van der Waals surface area contributed by atoms with Crippen LogP contribution in [0, 0.1) is 12.8 Å². The summed E-state index contributed by atoms with van der Waals surface area (Å²) in [7, 11) is 0. The standard InChI is InChI=1S/C17H23N3O2S/c1-11-14(20-17(22-11)15-7-4-8-23-15)9-16(21)19-13-6-3-2-5-12(13)10-18/h4,7-8,12-13H,2-3,5-6,9-10,18H2,1H3,(H,19,21). The van der Waals surface area contributed by atoms with Crippen molar-refractivity contribution in [2.75, 3.05) is 6.54 Å². The van der Waals surface area contributed by atoms with E-state index in [0.717, 1.165) is 24.1 Å². The Labute approximate surface area is 140 Å². The summed E-state index contributed by atoms with van der Waals surface area (Å²) in [6.07, 6.45) is 4.75. The molecule has 2 heterocycles. The summed E-state index contributed by atoms with van der Waals surface area (Å²) in [6, 6.07) is 4.13. The maximum atomic E-state index is 12.4. The Morgan fingerprint density at radius 1 is 1.48 bits per heavy atom. The molecule has 23 heavy (non-hydrogen) atoms. The lowest BCUT2D eigenvalue weighted by atomic mass is 9.84. The van der Waals surface area contributed by atoms with Gasteiger partial charge in [-0.15, -0.1) is 11.3 Å². The van der Waals surface area contributed by atoms with Crippen LogP contribution in [0.3, 0.4) is 0 Å². The van der Waals surface area contributed by atoms with Gasteiger partial charge in [0, 0.05) is 6.04 Å². The SMILES string of the molecule is Cc1oc(-c2cccs2)nc1CC(=O)NC1CCCCC1CN. The van der Waals surface area contributed by atoms with Crippen molar-refractivity contribution in [3.63, 3.8) is 0 Å². The first-order chi connectivity index (χ1) is 11.2. The quantitative estimate of drug-likeness (QED) is 0.881. The normalized spacial score (nSPS) is 21.3. The second-order valence-electron chi connectivity index (χ2n) is 6.13. The molecular formula is C17H23N3O2S. The van der Waals surface area contributed by atoms with E-state index in [9.17, 15) is 4.79 Å². The number of hydrogen-bond donors (Lipinski definition) is 2. The second kappa shape index (κ2) is 7.27. The fourth-order valence-corrected chi connectivity index (χ4v) is 3.84. The number of hydrogen-bond acceptors (Lipinski definition) is 5. The van der Waals surface area contributed by atoms with Gasteiger partial charge in [0.1, 0.15) is 5.76 Å². The van der Waals surface area contributed by atoms with Crippen molar-refractivity contribution < 1.29 is 9.21 Å². The van der Waals surface area contributed by atoms with Gasteiger partial charge in [0.25, 0.3) is 0 Å². The van der Waals surface area contributed by atoms with Crippen LogP contribution < -0.4 is 11.1 Å². The topological polar surface area (TPSA) is 81.2 Å². The zero-order valence-electron chi connectivity index (χ0n) is 13.4. The van der Waals surface area contributed by atoms with Crippen LogP contribution in [0.1, 0.15) is 37.1 Å². The zero-order chi connectivity index (χ0) is 16.2. The molecule has 0 spiro atoms. The van der Waals surface area contributed by atoms with Gasteiger partial charge in [-0.1, -0.05) is 18.9 Å². The summed E-state index contributed by atoms with van der Waals surface area (Å²) < 4.78 is 5.69. The molecule has 0 radical (unpaired) electrons. The molecule has 124 valence electrons. The first-order valence-corrected chi connectivity index (χ1v) is 9.05. The highest BCUT2D eigenvalue weighted by Crippen LogP contribution is 2.26. The Morgan fingerprint density at radius 2 is 2.30 bits per heavy atom. The van der Waals surface area contributed by atoms with Crippen LogP contribution in [0.5, 0.6) is 0 Å². The molecule has 3 N–H and O–H groups in total.